The minimum Gasteiger partial charge on any atom is -0.496 e. The molecule has 1 aromatic heterocycles. The quantitative estimate of drug-likeness (QED) is 0.894. The molecule has 1 aliphatic heterocycles. The molecular weight excluding hydrogens is 269 g/mol. The molecule has 112 valence electrons. The highest BCUT2D eigenvalue weighted by atomic mass is 19.1. The molecule has 0 bridgehead atoms. The Hall–Kier alpha value is -1.81. The van der Waals surface area contributed by atoms with Crippen molar-refractivity contribution in [1.29, 1.82) is 0 Å². The number of benzene rings is 1. The second kappa shape index (κ2) is 5.90. The van der Waals surface area contributed by atoms with Gasteiger partial charge < -0.3 is 14.5 Å². The predicted molar refractivity (Wildman–Crippen MR) is 80.6 cm³/mol. The number of halogens is 1. The Morgan fingerprint density at radius 1 is 1.38 bits per heavy atom. The van der Waals surface area contributed by atoms with Crippen LogP contribution in [0, 0.1) is 12.7 Å². The summed E-state index contributed by atoms with van der Waals surface area (Å²) in [7, 11) is 0. The maximum Gasteiger partial charge on any atom is 0.134 e. The van der Waals surface area contributed by atoms with E-state index in [1.807, 2.05) is 6.92 Å². The first-order valence-electron chi connectivity index (χ1n) is 7.45. The van der Waals surface area contributed by atoms with Crippen LogP contribution in [0.2, 0.25) is 0 Å². The molecule has 0 amide bonds. The summed E-state index contributed by atoms with van der Waals surface area (Å²) in [6, 6.07) is 4.54. The van der Waals surface area contributed by atoms with Crippen LogP contribution in [0.25, 0.3) is 11.0 Å². The zero-order chi connectivity index (χ0) is 14.8. The number of ether oxygens (including phenoxy) is 1. The van der Waals surface area contributed by atoms with Gasteiger partial charge in [0.2, 0.25) is 0 Å². The highest BCUT2D eigenvalue weighted by Crippen LogP contribution is 2.34. The molecule has 4 heteroatoms. The fourth-order valence-electron chi connectivity index (χ4n) is 2.74. The van der Waals surface area contributed by atoms with Gasteiger partial charge in [0.15, 0.2) is 0 Å². The van der Waals surface area contributed by atoms with E-state index in [0.717, 1.165) is 41.9 Å². The smallest absolute Gasteiger partial charge is 0.134 e. The van der Waals surface area contributed by atoms with Crippen LogP contribution < -0.4 is 5.32 Å². The van der Waals surface area contributed by atoms with E-state index in [4.69, 9.17) is 9.15 Å². The van der Waals surface area contributed by atoms with Crippen molar-refractivity contribution >= 4 is 11.0 Å². The lowest BCUT2D eigenvalue weighted by molar-refractivity contribution is 0.208. The van der Waals surface area contributed by atoms with E-state index >= 15 is 0 Å². The molecule has 0 saturated carbocycles. The van der Waals surface area contributed by atoms with Crippen LogP contribution in [-0.4, -0.2) is 13.2 Å². The monoisotopic (exact) mass is 289 g/mol. The lowest BCUT2D eigenvalue weighted by Gasteiger charge is -2.18. The first-order valence-corrected chi connectivity index (χ1v) is 7.45. The first kappa shape index (κ1) is 14.1. The van der Waals surface area contributed by atoms with Gasteiger partial charge in [-0.1, -0.05) is 6.92 Å². The van der Waals surface area contributed by atoms with Gasteiger partial charge in [-0.25, -0.2) is 4.39 Å². The number of furan rings is 1. The van der Waals surface area contributed by atoms with Crippen molar-refractivity contribution in [3.05, 3.63) is 47.2 Å². The van der Waals surface area contributed by atoms with E-state index in [0.29, 0.717) is 12.2 Å². The standard InChI is InChI=1S/C17H20FNO2/c1-3-8-19-16(15-5-4-9-20-15)17-11(2)13-10-12(18)6-7-14(13)21-17/h5-7,10,16,19H,3-4,8-9H2,1-2H3. The van der Waals surface area contributed by atoms with E-state index < -0.39 is 0 Å². The Kier molecular flexibility index (Phi) is 3.97. The zero-order valence-electron chi connectivity index (χ0n) is 12.4. The number of hydrogen-bond donors (Lipinski definition) is 1. The lowest BCUT2D eigenvalue weighted by Crippen LogP contribution is -2.24. The highest BCUT2D eigenvalue weighted by Gasteiger charge is 2.26. The van der Waals surface area contributed by atoms with Crippen molar-refractivity contribution in [2.45, 2.75) is 32.7 Å². The van der Waals surface area contributed by atoms with E-state index in [1.165, 1.54) is 12.1 Å². The Bertz CT molecular complexity index is 675. The van der Waals surface area contributed by atoms with Gasteiger partial charge in [-0.05, 0) is 44.2 Å². The third-order valence-electron chi connectivity index (χ3n) is 3.81. The number of nitrogens with one attached hydrogen (secondary N) is 1. The minimum absolute atomic E-state index is 0.0945. The molecule has 1 aliphatic rings. The topological polar surface area (TPSA) is 34.4 Å². The van der Waals surface area contributed by atoms with Gasteiger partial charge in [-0.15, -0.1) is 0 Å². The lowest BCUT2D eigenvalue weighted by atomic mass is 10.1. The Balaban J connectivity index is 2.03. The first-order chi connectivity index (χ1) is 10.2. The van der Waals surface area contributed by atoms with Crippen molar-refractivity contribution in [3.63, 3.8) is 0 Å². The summed E-state index contributed by atoms with van der Waals surface area (Å²) in [6.45, 7) is 5.68. The molecule has 0 radical (unpaired) electrons. The summed E-state index contributed by atoms with van der Waals surface area (Å²) >= 11 is 0. The normalized spacial score (nSPS) is 16.0. The third kappa shape index (κ3) is 2.68. The van der Waals surface area contributed by atoms with Crippen LogP contribution >= 0.6 is 0 Å². The van der Waals surface area contributed by atoms with Crippen LogP contribution in [-0.2, 0) is 4.74 Å². The summed E-state index contributed by atoms with van der Waals surface area (Å²) in [5.41, 5.74) is 1.68. The van der Waals surface area contributed by atoms with E-state index in [2.05, 4.69) is 18.3 Å². The molecule has 1 N–H and O–H groups in total. The van der Waals surface area contributed by atoms with Crippen molar-refractivity contribution in [2.24, 2.45) is 0 Å². The molecule has 1 aromatic carbocycles. The summed E-state index contributed by atoms with van der Waals surface area (Å²) in [5.74, 6) is 1.48. The molecule has 21 heavy (non-hydrogen) atoms. The number of fused-ring (bicyclic) bond motifs is 1. The minimum atomic E-state index is -0.243. The molecular formula is C17H20FNO2. The molecule has 0 fully saturated rings. The molecule has 0 saturated heterocycles. The molecule has 3 nitrogen and oxygen atoms in total. The largest absolute Gasteiger partial charge is 0.496 e. The van der Waals surface area contributed by atoms with E-state index in [1.54, 1.807) is 6.07 Å². The maximum atomic E-state index is 13.4. The van der Waals surface area contributed by atoms with Gasteiger partial charge in [0.05, 0.1) is 6.61 Å². The Morgan fingerprint density at radius 3 is 2.95 bits per heavy atom. The molecule has 0 spiro atoms. The molecule has 3 rings (SSSR count). The molecule has 1 unspecified atom stereocenters. The molecule has 2 heterocycles. The van der Waals surface area contributed by atoms with Crippen LogP contribution in [0.4, 0.5) is 4.39 Å². The maximum absolute atomic E-state index is 13.4. The van der Waals surface area contributed by atoms with Gasteiger partial charge >= 0.3 is 0 Å². The average molecular weight is 289 g/mol. The van der Waals surface area contributed by atoms with Gasteiger partial charge in [0, 0.05) is 17.4 Å². The van der Waals surface area contributed by atoms with Crippen molar-refractivity contribution < 1.29 is 13.5 Å². The van der Waals surface area contributed by atoms with Gasteiger partial charge in [-0.3, -0.25) is 0 Å². The van der Waals surface area contributed by atoms with E-state index in [9.17, 15) is 4.39 Å². The van der Waals surface area contributed by atoms with Crippen molar-refractivity contribution in [1.82, 2.24) is 5.32 Å². The Labute approximate surface area is 123 Å². The van der Waals surface area contributed by atoms with Gasteiger partial charge in [0.25, 0.3) is 0 Å². The molecule has 1 atom stereocenters. The fourth-order valence-corrected chi connectivity index (χ4v) is 2.74. The van der Waals surface area contributed by atoms with Crippen LogP contribution in [0.15, 0.2) is 34.5 Å². The number of hydrogen-bond acceptors (Lipinski definition) is 3. The van der Waals surface area contributed by atoms with Crippen LogP contribution in [0.5, 0.6) is 0 Å². The van der Waals surface area contributed by atoms with Crippen LogP contribution in [0.3, 0.4) is 0 Å². The summed E-state index contributed by atoms with van der Waals surface area (Å²) in [6.07, 6.45) is 4.05. The SMILES string of the molecule is CCCNC(C1=CCCO1)c1oc2ccc(F)cc2c1C. The zero-order valence-corrected chi connectivity index (χ0v) is 12.4. The average Bonchev–Trinajstić information content (AvgIpc) is 3.10. The summed E-state index contributed by atoms with van der Waals surface area (Å²) in [4.78, 5) is 0. The van der Waals surface area contributed by atoms with Crippen LogP contribution in [0.1, 0.15) is 37.1 Å². The van der Waals surface area contributed by atoms with Crippen molar-refractivity contribution in [3.8, 4) is 0 Å². The predicted octanol–water partition coefficient (Wildman–Crippen LogP) is 4.23. The van der Waals surface area contributed by atoms with Gasteiger partial charge in [0.1, 0.15) is 29.0 Å². The summed E-state index contributed by atoms with van der Waals surface area (Å²) in [5, 5.41) is 4.29. The second-order valence-corrected chi connectivity index (χ2v) is 5.36. The van der Waals surface area contributed by atoms with Crippen molar-refractivity contribution in [2.75, 3.05) is 13.2 Å². The summed E-state index contributed by atoms with van der Waals surface area (Å²) < 4.78 is 25.1. The highest BCUT2D eigenvalue weighted by molar-refractivity contribution is 5.82. The second-order valence-electron chi connectivity index (χ2n) is 5.36. The molecule has 2 aromatic rings. The Morgan fingerprint density at radius 2 is 2.24 bits per heavy atom. The number of aryl methyl sites for hydroxylation is 1. The fraction of sp³-hybridized carbons (Fsp3) is 0.412. The number of rotatable bonds is 5. The third-order valence-corrected chi connectivity index (χ3v) is 3.81. The van der Waals surface area contributed by atoms with E-state index in [-0.39, 0.29) is 11.9 Å². The van der Waals surface area contributed by atoms with Gasteiger partial charge in [-0.2, -0.15) is 0 Å². The molecule has 0 aliphatic carbocycles.